The molecule has 2 aromatic carbocycles. The summed E-state index contributed by atoms with van der Waals surface area (Å²) in [4.78, 5) is 12.4. The first kappa shape index (κ1) is 22.3. The fourth-order valence-corrected chi connectivity index (χ4v) is 3.63. The first-order valence-corrected chi connectivity index (χ1v) is 10.3. The Kier molecular flexibility index (Phi) is 7.16. The Morgan fingerprint density at radius 3 is 2.43 bits per heavy atom. The van der Waals surface area contributed by atoms with E-state index in [1.54, 1.807) is 18.2 Å². The number of nitrogens with zero attached hydrogens (tertiary/aromatic N) is 1. The predicted octanol–water partition coefficient (Wildman–Crippen LogP) is 3.66. The zero-order valence-corrected chi connectivity index (χ0v) is 18.0. The van der Waals surface area contributed by atoms with E-state index in [-0.39, 0.29) is 27.1 Å². The van der Waals surface area contributed by atoms with Crippen molar-refractivity contribution < 1.29 is 22.7 Å². The van der Waals surface area contributed by atoms with Crippen molar-refractivity contribution in [3.8, 4) is 11.5 Å². The van der Waals surface area contributed by atoms with Crippen molar-refractivity contribution in [1.82, 2.24) is 4.31 Å². The van der Waals surface area contributed by atoms with Gasteiger partial charge >= 0.3 is 0 Å². The van der Waals surface area contributed by atoms with E-state index in [9.17, 15) is 13.2 Å². The van der Waals surface area contributed by atoms with E-state index in [4.69, 9.17) is 32.7 Å². The fraction of sp³-hybridized carbons (Fsp3) is 0.278. The number of benzene rings is 2. The average Bonchev–Trinajstić information content (AvgIpc) is 2.65. The van der Waals surface area contributed by atoms with Crippen molar-refractivity contribution in [2.75, 3.05) is 26.5 Å². The SMILES string of the molecule is COc1ccc(NC(=O)C(C)Oc2cccc(Cl)c2Cl)cc1S(=O)(=O)N(C)C. The molecule has 1 unspecified atom stereocenters. The molecule has 28 heavy (non-hydrogen) atoms. The lowest BCUT2D eigenvalue weighted by atomic mass is 10.2. The van der Waals surface area contributed by atoms with Gasteiger partial charge in [-0.2, -0.15) is 0 Å². The van der Waals surface area contributed by atoms with Gasteiger partial charge in [-0.15, -0.1) is 0 Å². The van der Waals surface area contributed by atoms with Gasteiger partial charge in [0, 0.05) is 19.8 Å². The molecule has 1 atom stereocenters. The summed E-state index contributed by atoms with van der Waals surface area (Å²) in [6.45, 7) is 1.54. The monoisotopic (exact) mass is 446 g/mol. The van der Waals surface area contributed by atoms with Crippen LogP contribution in [0.4, 0.5) is 5.69 Å². The number of methoxy groups -OCH3 is 1. The van der Waals surface area contributed by atoms with E-state index < -0.39 is 22.0 Å². The summed E-state index contributed by atoms with van der Waals surface area (Å²) in [5, 5.41) is 3.13. The zero-order valence-electron chi connectivity index (χ0n) is 15.7. The molecule has 0 aliphatic heterocycles. The number of carbonyl (C=O) groups is 1. The highest BCUT2D eigenvalue weighted by Gasteiger charge is 2.24. The number of hydrogen-bond donors (Lipinski definition) is 1. The van der Waals surface area contributed by atoms with Crippen molar-refractivity contribution in [2.24, 2.45) is 0 Å². The Morgan fingerprint density at radius 2 is 1.82 bits per heavy atom. The molecule has 0 spiro atoms. The quantitative estimate of drug-likeness (QED) is 0.701. The number of hydrogen-bond acceptors (Lipinski definition) is 5. The third-order valence-corrected chi connectivity index (χ3v) is 6.42. The van der Waals surface area contributed by atoms with Gasteiger partial charge in [0.15, 0.2) is 6.10 Å². The van der Waals surface area contributed by atoms with Crippen LogP contribution in [0.3, 0.4) is 0 Å². The van der Waals surface area contributed by atoms with Gasteiger partial charge in [0.1, 0.15) is 21.4 Å². The lowest BCUT2D eigenvalue weighted by Crippen LogP contribution is -2.30. The van der Waals surface area contributed by atoms with Gasteiger partial charge in [-0.3, -0.25) is 4.79 Å². The van der Waals surface area contributed by atoms with Crippen molar-refractivity contribution in [2.45, 2.75) is 17.9 Å². The van der Waals surface area contributed by atoms with E-state index in [0.29, 0.717) is 5.02 Å². The van der Waals surface area contributed by atoms with Gasteiger partial charge in [0.05, 0.1) is 12.1 Å². The van der Waals surface area contributed by atoms with Gasteiger partial charge in [-0.05, 0) is 37.3 Å². The maximum atomic E-state index is 12.5. The maximum absolute atomic E-state index is 12.5. The molecule has 1 N–H and O–H groups in total. The molecule has 1 amide bonds. The zero-order chi connectivity index (χ0) is 21.1. The van der Waals surface area contributed by atoms with E-state index >= 15 is 0 Å². The van der Waals surface area contributed by atoms with Gasteiger partial charge in [0.25, 0.3) is 5.91 Å². The van der Waals surface area contributed by atoms with Crippen LogP contribution in [-0.4, -0.2) is 45.9 Å². The molecule has 0 saturated heterocycles. The molecule has 7 nitrogen and oxygen atoms in total. The first-order chi connectivity index (χ1) is 13.1. The van der Waals surface area contributed by atoms with Gasteiger partial charge < -0.3 is 14.8 Å². The molecule has 0 fully saturated rings. The Bertz CT molecular complexity index is 980. The van der Waals surface area contributed by atoms with Crippen LogP contribution < -0.4 is 14.8 Å². The fourth-order valence-electron chi connectivity index (χ4n) is 2.22. The highest BCUT2D eigenvalue weighted by molar-refractivity contribution is 7.89. The number of ether oxygens (including phenoxy) is 2. The second-order valence-electron chi connectivity index (χ2n) is 5.95. The summed E-state index contributed by atoms with van der Waals surface area (Å²) in [5.41, 5.74) is 0.277. The number of sulfonamides is 1. The lowest BCUT2D eigenvalue weighted by Gasteiger charge is -2.18. The molecule has 0 heterocycles. The number of halogens is 2. The number of carbonyl (C=O) groups excluding carboxylic acids is 1. The Balaban J connectivity index is 2.23. The summed E-state index contributed by atoms with van der Waals surface area (Å²) < 4.78 is 36.7. The molecule has 10 heteroatoms. The van der Waals surface area contributed by atoms with Crippen LogP contribution in [0.25, 0.3) is 0 Å². The second-order valence-corrected chi connectivity index (χ2v) is 8.86. The highest BCUT2D eigenvalue weighted by atomic mass is 35.5. The number of nitrogens with one attached hydrogen (secondary N) is 1. The molecule has 0 radical (unpaired) electrons. The summed E-state index contributed by atoms with van der Waals surface area (Å²) in [6.07, 6.45) is -0.910. The molecule has 0 saturated carbocycles. The molecule has 0 aromatic heterocycles. The van der Waals surface area contributed by atoms with Crippen LogP contribution in [0.5, 0.6) is 11.5 Å². The third-order valence-electron chi connectivity index (χ3n) is 3.78. The summed E-state index contributed by atoms with van der Waals surface area (Å²) >= 11 is 12.0. The first-order valence-electron chi connectivity index (χ1n) is 8.10. The highest BCUT2D eigenvalue weighted by Crippen LogP contribution is 2.32. The normalized spacial score (nSPS) is 12.5. The largest absolute Gasteiger partial charge is 0.495 e. The van der Waals surface area contributed by atoms with Crippen molar-refractivity contribution >= 4 is 44.8 Å². The van der Waals surface area contributed by atoms with Crippen LogP contribution in [0.2, 0.25) is 10.0 Å². The summed E-state index contributed by atoms with van der Waals surface area (Å²) in [5.74, 6) is -0.0569. The smallest absolute Gasteiger partial charge is 0.265 e. The minimum atomic E-state index is -3.76. The standard InChI is InChI=1S/C18H20Cl2N2O5S/c1-11(27-15-7-5-6-13(19)17(15)20)18(23)21-12-8-9-14(26-4)16(10-12)28(24,25)22(2)3/h5-11H,1-4H3,(H,21,23). The van der Waals surface area contributed by atoms with Crippen LogP contribution in [-0.2, 0) is 14.8 Å². The number of amides is 1. The van der Waals surface area contributed by atoms with Crippen LogP contribution in [0, 0.1) is 0 Å². The Hall–Kier alpha value is -2.00. The van der Waals surface area contributed by atoms with Crippen LogP contribution in [0.15, 0.2) is 41.3 Å². The lowest BCUT2D eigenvalue weighted by molar-refractivity contribution is -0.122. The van der Waals surface area contributed by atoms with E-state index in [1.165, 1.54) is 46.3 Å². The topological polar surface area (TPSA) is 84.9 Å². The molecular formula is C18H20Cl2N2O5S. The van der Waals surface area contributed by atoms with Crippen LogP contribution in [0.1, 0.15) is 6.92 Å². The van der Waals surface area contributed by atoms with Crippen molar-refractivity contribution in [3.63, 3.8) is 0 Å². The minimum Gasteiger partial charge on any atom is -0.495 e. The Labute approximate surface area is 174 Å². The van der Waals surface area contributed by atoms with Crippen molar-refractivity contribution in [3.05, 3.63) is 46.4 Å². The molecular weight excluding hydrogens is 427 g/mol. The van der Waals surface area contributed by atoms with Crippen molar-refractivity contribution in [1.29, 1.82) is 0 Å². The van der Waals surface area contributed by atoms with Gasteiger partial charge in [0.2, 0.25) is 10.0 Å². The molecule has 152 valence electrons. The maximum Gasteiger partial charge on any atom is 0.265 e. The molecule has 0 aliphatic carbocycles. The molecule has 2 rings (SSSR count). The third kappa shape index (κ3) is 4.88. The number of rotatable bonds is 7. The van der Waals surface area contributed by atoms with Crippen LogP contribution >= 0.6 is 23.2 Å². The van der Waals surface area contributed by atoms with Gasteiger partial charge in [-0.25, -0.2) is 12.7 Å². The summed E-state index contributed by atoms with van der Waals surface area (Å²) in [7, 11) is 0.419. The summed E-state index contributed by atoms with van der Waals surface area (Å²) in [6, 6.07) is 9.16. The predicted molar refractivity (Wildman–Crippen MR) is 109 cm³/mol. The average molecular weight is 447 g/mol. The second kappa shape index (κ2) is 9.00. The van der Waals surface area contributed by atoms with E-state index in [0.717, 1.165) is 4.31 Å². The van der Waals surface area contributed by atoms with E-state index in [2.05, 4.69) is 5.32 Å². The Morgan fingerprint density at radius 1 is 1.14 bits per heavy atom. The molecule has 0 bridgehead atoms. The number of anilines is 1. The minimum absolute atomic E-state index is 0.0655. The molecule has 2 aromatic rings. The van der Waals surface area contributed by atoms with Gasteiger partial charge in [-0.1, -0.05) is 29.3 Å². The van der Waals surface area contributed by atoms with E-state index in [1.807, 2.05) is 0 Å². The molecule has 0 aliphatic rings.